The molecule has 0 atom stereocenters. The monoisotopic (exact) mass is 218 g/mol. The van der Waals surface area contributed by atoms with Gasteiger partial charge in [0.25, 0.3) is 5.91 Å². The third-order valence-electron chi connectivity index (χ3n) is 2.72. The van der Waals surface area contributed by atoms with E-state index in [0.29, 0.717) is 13.1 Å². The van der Waals surface area contributed by atoms with Gasteiger partial charge < -0.3 is 4.90 Å². The molecule has 0 N–H and O–H groups in total. The van der Waals surface area contributed by atoms with Crippen LogP contribution in [0.2, 0.25) is 0 Å². The van der Waals surface area contributed by atoms with Gasteiger partial charge in [0.15, 0.2) is 0 Å². The van der Waals surface area contributed by atoms with Crippen LogP contribution in [0.5, 0.6) is 0 Å². The Morgan fingerprint density at radius 2 is 2.06 bits per heavy atom. The molecular formula is C12H14N2O2. The van der Waals surface area contributed by atoms with Crippen molar-refractivity contribution in [1.82, 2.24) is 4.90 Å². The number of amides is 1. The first-order valence-corrected chi connectivity index (χ1v) is 5.25. The van der Waals surface area contributed by atoms with Crippen molar-refractivity contribution in [2.45, 2.75) is 25.9 Å². The fourth-order valence-electron chi connectivity index (χ4n) is 1.94. The average Bonchev–Trinajstić information content (AvgIpc) is 2.56. The lowest BCUT2D eigenvalue weighted by Gasteiger charge is -2.23. The number of benzene rings is 1. The van der Waals surface area contributed by atoms with Crippen LogP contribution in [0.1, 0.15) is 29.8 Å². The van der Waals surface area contributed by atoms with E-state index >= 15 is 0 Å². The van der Waals surface area contributed by atoms with E-state index in [2.05, 4.69) is 5.18 Å². The Labute approximate surface area is 94.2 Å². The normalized spacial score (nSPS) is 15.1. The van der Waals surface area contributed by atoms with E-state index in [4.69, 9.17) is 0 Å². The zero-order valence-electron chi connectivity index (χ0n) is 9.43. The minimum Gasteiger partial charge on any atom is -0.332 e. The van der Waals surface area contributed by atoms with Crippen molar-refractivity contribution in [3.05, 3.63) is 40.3 Å². The fraction of sp³-hybridized carbons (Fsp3) is 0.417. The first-order valence-electron chi connectivity index (χ1n) is 5.25. The molecule has 84 valence electrons. The summed E-state index contributed by atoms with van der Waals surface area (Å²) < 4.78 is 0. The molecule has 0 unspecified atom stereocenters. The van der Waals surface area contributed by atoms with Crippen LogP contribution in [0.25, 0.3) is 0 Å². The quantitative estimate of drug-likeness (QED) is 0.730. The van der Waals surface area contributed by atoms with Crippen LogP contribution in [0.4, 0.5) is 0 Å². The first-order chi connectivity index (χ1) is 7.53. The van der Waals surface area contributed by atoms with Crippen molar-refractivity contribution >= 4 is 5.91 Å². The number of hydrogen-bond acceptors (Lipinski definition) is 3. The number of nitrogens with zero attached hydrogens (tertiary/aromatic N) is 2. The van der Waals surface area contributed by atoms with E-state index < -0.39 is 5.54 Å². The van der Waals surface area contributed by atoms with Gasteiger partial charge in [-0.1, -0.05) is 23.4 Å². The van der Waals surface area contributed by atoms with Crippen LogP contribution in [0.3, 0.4) is 0 Å². The molecular weight excluding hydrogens is 204 g/mol. The van der Waals surface area contributed by atoms with Gasteiger partial charge in [0.1, 0.15) is 5.54 Å². The largest absolute Gasteiger partial charge is 0.332 e. The Morgan fingerprint density at radius 1 is 1.38 bits per heavy atom. The second-order valence-electron chi connectivity index (χ2n) is 4.72. The molecule has 1 amide bonds. The predicted molar refractivity (Wildman–Crippen MR) is 61.1 cm³/mol. The molecule has 4 heteroatoms. The molecule has 0 radical (unpaired) electrons. The van der Waals surface area contributed by atoms with Crippen molar-refractivity contribution in [3.63, 3.8) is 0 Å². The number of fused-ring (bicyclic) bond motifs is 1. The first kappa shape index (κ1) is 10.8. The van der Waals surface area contributed by atoms with E-state index in [1.165, 1.54) is 0 Å². The Balaban J connectivity index is 2.19. The Hall–Kier alpha value is -1.71. The number of hydrogen-bond donors (Lipinski definition) is 0. The van der Waals surface area contributed by atoms with Crippen LogP contribution in [-0.4, -0.2) is 22.9 Å². The second-order valence-corrected chi connectivity index (χ2v) is 4.72. The SMILES string of the molecule is CC(C)(CN1Cc2ccccc2C1=O)N=O. The number of carbonyl (C=O) groups is 1. The van der Waals surface area contributed by atoms with Crippen LogP contribution in [0, 0.1) is 4.91 Å². The summed E-state index contributed by atoms with van der Waals surface area (Å²) in [6.45, 7) is 4.41. The van der Waals surface area contributed by atoms with Gasteiger partial charge in [-0.05, 0) is 25.5 Å². The molecule has 1 aromatic rings. The van der Waals surface area contributed by atoms with Crippen molar-refractivity contribution < 1.29 is 4.79 Å². The highest BCUT2D eigenvalue weighted by Gasteiger charge is 2.32. The maximum Gasteiger partial charge on any atom is 0.254 e. The molecule has 0 bridgehead atoms. The molecule has 1 aliphatic rings. The highest BCUT2D eigenvalue weighted by atomic mass is 16.3. The molecule has 0 saturated heterocycles. The Kier molecular flexibility index (Phi) is 2.50. The summed E-state index contributed by atoms with van der Waals surface area (Å²) in [4.78, 5) is 24.3. The minimum absolute atomic E-state index is 0.00711. The number of rotatable bonds is 3. The summed E-state index contributed by atoms with van der Waals surface area (Å²) in [7, 11) is 0. The van der Waals surface area contributed by atoms with Crippen LogP contribution >= 0.6 is 0 Å². The van der Waals surface area contributed by atoms with Crippen molar-refractivity contribution in [3.8, 4) is 0 Å². The maximum atomic E-state index is 12.0. The van der Waals surface area contributed by atoms with Gasteiger partial charge in [-0.3, -0.25) is 4.79 Å². The van der Waals surface area contributed by atoms with E-state index in [1.54, 1.807) is 18.7 Å². The van der Waals surface area contributed by atoms with Gasteiger partial charge >= 0.3 is 0 Å². The van der Waals surface area contributed by atoms with Gasteiger partial charge in [-0.15, -0.1) is 0 Å². The van der Waals surface area contributed by atoms with Crippen LogP contribution in [0.15, 0.2) is 29.4 Å². The highest BCUT2D eigenvalue weighted by molar-refractivity contribution is 5.98. The molecule has 0 aliphatic carbocycles. The summed E-state index contributed by atoms with van der Waals surface area (Å²) >= 11 is 0. The van der Waals surface area contributed by atoms with E-state index in [-0.39, 0.29) is 5.91 Å². The third kappa shape index (κ3) is 1.83. The zero-order valence-corrected chi connectivity index (χ0v) is 9.43. The molecule has 0 saturated carbocycles. The van der Waals surface area contributed by atoms with Crippen molar-refractivity contribution in [2.75, 3.05) is 6.54 Å². The number of nitroso groups, excluding NO2 is 1. The van der Waals surface area contributed by atoms with Crippen molar-refractivity contribution in [1.29, 1.82) is 0 Å². The third-order valence-corrected chi connectivity index (χ3v) is 2.72. The van der Waals surface area contributed by atoms with Gasteiger partial charge in [-0.2, -0.15) is 4.91 Å². The number of carbonyl (C=O) groups excluding carboxylic acids is 1. The van der Waals surface area contributed by atoms with Crippen LogP contribution in [-0.2, 0) is 6.54 Å². The summed E-state index contributed by atoms with van der Waals surface area (Å²) in [5.74, 6) is -0.00711. The molecule has 0 spiro atoms. The molecule has 4 nitrogen and oxygen atoms in total. The zero-order chi connectivity index (χ0) is 11.8. The molecule has 1 aromatic carbocycles. The predicted octanol–water partition coefficient (Wildman–Crippen LogP) is 2.19. The lowest BCUT2D eigenvalue weighted by molar-refractivity contribution is 0.0749. The molecule has 0 aromatic heterocycles. The van der Waals surface area contributed by atoms with E-state index in [9.17, 15) is 9.70 Å². The summed E-state index contributed by atoms with van der Waals surface area (Å²) in [5, 5.41) is 3.04. The average molecular weight is 218 g/mol. The lowest BCUT2D eigenvalue weighted by atomic mass is 10.1. The van der Waals surface area contributed by atoms with Gasteiger partial charge in [-0.25, -0.2) is 0 Å². The lowest BCUT2D eigenvalue weighted by Crippen LogP contribution is -2.37. The topological polar surface area (TPSA) is 49.7 Å². The second kappa shape index (κ2) is 3.70. The smallest absolute Gasteiger partial charge is 0.254 e. The van der Waals surface area contributed by atoms with E-state index in [0.717, 1.165) is 11.1 Å². The summed E-state index contributed by atoms with van der Waals surface area (Å²) in [6, 6.07) is 7.52. The highest BCUT2D eigenvalue weighted by Crippen LogP contribution is 2.24. The van der Waals surface area contributed by atoms with E-state index in [1.807, 2.05) is 24.3 Å². The molecule has 2 rings (SSSR count). The molecule has 1 heterocycles. The summed E-state index contributed by atoms with van der Waals surface area (Å²) in [6.07, 6.45) is 0. The standard InChI is InChI=1S/C12H14N2O2/c1-12(2,13-16)8-14-7-9-5-3-4-6-10(9)11(14)15/h3-6H,7-8H2,1-2H3. The van der Waals surface area contributed by atoms with Crippen LogP contribution < -0.4 is 0 Å². The Morgan fingerprint density at radius 3 is 2.69 bits per heavy atom. The Bertz CT molecular complexity index is 440. The van der Waals surface area contributed by atoms with Gasteiger partial charge in [0.2, 0.25) is 0 Å². The molecule has 0 fully saturated rings. The minimum atomic E-state index is -0.725. The maximum absolute atomic E-state index is 12.0. The molecule has 1 aliphatic heterocycles. The van der Waals surface area contributed by atoms with Gasteiger partial charge in [0, 0.05) is 18.7 Å². The fourth-order valence-corrected chi connectivity index (χ4v) is 1.94. The van der Waals surface area contributed by atoms with Gasteiger partial charge in [0.05, 0.1) is 0 Å². The van der Waals surface area contributed by atoms with Crippen molar-refractivity contribution in [2.24, 2.45) is 5.18 Å². The molecule has 16 heavy (non-hydrogen) atoms. The summed E-state index contributed by atoms with van der Waals surface area (Å²) in [5.41, 5.74) is 1.04.